The number of nitrogens with zero attached hydrogens (tertiary/aromatic N) is 1. The van der Waals surface area contributed by atoms with E-state index in [-0.39, 0.29) is 0 Å². The summed E-state index contributed by atoms with van der Waals surface area (Å²) in [5.74, 6) is -1.07. The Morgan fingerprint density at radius 3 is 3.00 bits per heavy atom. The molecular weight excluding hydrogens is 248 g/mol. The number of rotatable bonds is 6. The smallest absolute Gasteiger partial charge is 0.411 e. The molecular formula is C13H16N2O4. The molecule has 6 nitrogen and oxygen atoms in total. The summed E-state index contributed by atoms with van der Waals surface area (Å²) in [6.07, 6.45) is 6.47. The highest BCUT2D eigenvalue weighted by molar-refractivity contribution is 5.90. The van der Waals surface area contributed by atoms with E-state index in [1.807, 2.05) is 6.92 Å². The summed E-state index contributed by atoms with van der Waals surface area (Å²) in [5, 5.41) is 11.1. The number of carbonyl (C=O) groups excluding carboxylic acids is 1. The molecule has 0 aromatic carbocycles. The number of carboxylic acids is 1. The summed E-state index contributed by atoms with van der Waals surface area (Å²) in [5.41, 5.74) is 0.950. The minimum atomic E-state index is -1.07. The van der Waals surface area contributed by atoms with Gasteiger partial charge in [-0.3, -0.25) is 10.3 Å². The highest BCUT2D eigenvalue weighted by Gasteiger charge is 2.06. The molecule has 0 aliphatic heterocycles. The van der Waals surface area contributed by atoms with Crippen molar-refractivity contribution >= 4 is 23.8 Å². The van der Waals surface area contributed by atoms with E-state index in [9.17, 15) is 9.59 Å². The first-order valence-corrected chi connectivity index (χ1v) is 5.92. The van der Waals surface area contributed by atoms with E-state index in [1.54, 1.807) is 6.07 Å². The second kappa shape index (κ2) is 7.86. The fourth-order valence-electron chi connectivity index (χ4n) is 1.27. The number of amides is 1. The van der Waals surface area contributed by atoms with Crippen LogP contribution in [0.2, 0.25) is 0 Å². The zero-order valence-electron chi connectivity index (χ0n) is 10.6. The number of carbonyl (C=O) groups is 2. The van der Waals surface area contributed by atoms with E-state index >= 15 is 0 Å². The summed E-state index contributed by atoms with van der Waals surface area (Å²) in [6.45, 7) is 2.35. The predicted octanol–water partition coefficient (Wildman–Crippen LogP) is 2.53. The number of anilines is 1. The molecule has 0 aliphatic carbocycles. The summed E-state index contributed by atoms with van der Waals surface area (Å²) in [4.78, 5) is 25.8. The van der Waals surface area contributed by atoms with Crippen molar-refractivity contribution in [3.05, 3.63) is 30.1 Å². The van der Waals surface area contributed by atoms with E-state index in [0.717, 1.165) is 18.9 Å². The van der Waals surface area contributed by atoms with Crippen LogP contribution in [0.4, 0.5) is 10.5 Å². The first-order chi connectivity index (χ1) is 9.13. The molecule has 1 rings (SSSR count). The summed E-state index contributed by atoms with van der Waals surface area (Å²) in [6, 6.07) is 1.57. The Hall–Kier alpha value is -2.37. The Kier molecular flexibility index (Phi) is 6.08. The van der Waals surface area contributed by atoms with Crippen molar-refractivity contribution in [2.24, 2.45) is 0 Å². The van der Waals surface area contributed by atoms with Crippen LogP contribution in [-0.2, 0) is 9.53 Å². The zero-order valence-corrected chi connectivity index (χ0v) is 10.6. The van der Waals surface area contributed by atoms with Crippen LogP contribution < -0.4 is 5.32 Å². The van der Waals surface area contributed by atoms with Gasteiger partial charge in [-0.05, 0) is 18.6 Å². The third-order valence-corrected chi connectivity index (χ3v) is 2.23. The Balaban J connectivity index is 2.67. The average Bonchev–Trinajstić information content (AvgIpc) is 2.38. The van der Waals surface area contributed by atoms with E-state index in [0.29, 0.717) is 17.9 Å². The van der Waals surface area contributed by atoms with Crippen LogP contribution >= 0.6 is 0 Å². The highest BCUT2D eigenvalue weighted by Crippen LogP contribution is 2.15. The van der Waals surface area contributed by atoms with E-state index < -0.39 is 12.1 Å². The Labute approximate surface area is 111 Å². The van der Waals surface area contributed by atoms with Gasteiger partial charge in [-0.1, -0.05) is 13.3 Å². The summed E-state index contributed by atoms with van der Waals surface area (Å²) in [7, 11) is 0. The highest BCUT2D eigenvalue weighted by atomic mass is 16.5. The van der Waals surface area contributed by atoms with Gasteiger partial charge in [0.25, 0.3) is 0 Å². The van der Waals surface area contributed by atoms with Crippen molar-refractivity contribution in [2.45, 2.75) is 19.8 Å². The number of ether oxygens (including phenoxy) is 1. The van der Waals surface area contributed by atoms with Crippen LogP contribution in [0.3, 0.4) is 0 Å². The van der Waals surface area contributed by atoms with Crippen molar-refractivity contribution in [1.82, 2.24) is 4.98 Å². The second-order valence-corrected chi connectivity index (χ2v) is 3.75. The van der Waals surface area contributed by atoms with Gasteiger partial charge in [0.2, 0.25) is 0 Å². The number of aliphatic carboxylic acids is 1. The standard InChI is InChI=1S/C13H16N2O4/c1-2-3-8-19-13(18)15-11-6-7-14-9-10(11)4-5-12(16)17/h4-7,9H,2-3,8H2,1H3,(H,16,17)(H,14,15,18). The van der Waals surface area contributed by atoms with Crippen LogP contribution in [0.1, 0.15) is 25.3 Å². The third kappa shape index (κ3) is 5.67. The maximum absolute atomic E-state index is 11.5. The molecule has 0 bridgehead atoms. The van der Waals surface area contributed by atoms with Crippen molar-refractivity contribution in [3.63, 3.8) is 0 Å². The van der Waals surface area contributed by atoms with E-state index in [2.05, 4.69) is 10.3 Å². The quantitative estimate of drug-likeness (QED) is 0.608. The zero-order chi connectivity index (χ0) is 14.1. The number of pyridine rings is 1. The van der Waals surface area contributed by atoms with Gasteiger partial charge < -0.3 is 9.84 Å². The molecule has 0 saturated heterocycles. The first-order valence-electron chi connectivity index (χ1n) is 5.92. The van der Waals surface area contributed by atoms with Crippen molar-refractivity contribution < 1.29 is 19.4 Å². The minimum Gasteiger partial charge on any atom is -0.478 e. The van der Waals surface area contributed by atoms with Crippen LogP contribution in [-0.4, -0.2) is 28.8 Å². The molecule has 0 spiro atoms. The number of nitrogens with one attached hydrogen (secondary N) is 1. The molecule has 0 atom stereocenters. The summed E-state index contributed by atoms with van der Waals surface area (Å²) < 4.78 is 4.96. The Morgan fingerprint density at radius 1 is 1.53 bits per heavy atom. The number of hydrogen-bond donors (Lipinski definition) is 2. The topological polar surface area (TPSA) is 88.5 Å². The van der Waals surface area contributed by atoms with Crippen LogP contribution in [0.15, 0.2) is 24.5 Å². The molecule has 1 heterocycles. The van der Waals surface area contributed by atoms with Gasteiger partial charge in [0, 0.05) is 24.0 Å². The van der Waals surface area contributed by atoms with Crippen LogP contribution in [0.5, 0.6) is 0 Å². The number of hydrogen-bond acceptors (Lipinski definition) is 4. The molecule has 0 unspecified atom stereocenters. The molecule has 0 aliphatic rings. The fraction of sp³-hybridized carbons (Fsp3) is 0.308. The van der Waals surface area contributed by atoms with Gasteiger partial charge in [0.15, 0.2) is 0 Å². The van der Waals surface area contributed by atoms with Gasteiger partial charge in [-0.2, -0.15) is 0 Å². The lowest BCUT2D eigenvalue weighted by atomic mass is 10.2. The molecule has 0 fully saturated rings. The van der Waals surface area contributed by atoms with Crippen LogP contribution in [0, 0.1) is 0 Å². The first kappa shape index (κ1) is 14.7. The Morgan fingerprint density at radius 2 is 2.32 bits per heavy atom. The number of aromatic nitrogens is 1. The monoisotopic (exact) mass is 264 g/mol. The molecule has 0 saturated carbocycles. The Bertz CT molecular complexity index is 471. The lowest BCUT2D eigenvalue weighted by Crippen LogP contribution is -2.15. The van der Waals surface area contributed by atoms with Gasteiger partial charge in [0.1, 0.15) is 0 Å². The molecule has 2 N–H and O–H groups in total. The second-order valence-electron chi connectivity index (χ2n) is 3.75. The molecule has 0 radical (unpaired) electrons. The minimum absolute atomic E-state index is 0.355. The van der Waals surface area contributed by atoms with Gasteiger partial charge in [-0.15, -0.1) is 0 Å². The van der Waals surface area contributed by atoms with Crippen LogP contribution in [0.25, 0.3) is 6.08 Å². The third-order valence-electron chi connectivity index (χ3n) is 2.23. The van der Waals surface area contributed by atoms with Crippen molar-refractivity contribution in [1.29, 1.82) is 0 Å². The molecule has 6 heteroatoms. The molecule has 1 amide bonds. The number of unbranched alkanes of at least 4 members (excludes halogenated alkanes) is 1. The lowest BCUT2D eigenvalue weighted by Gasteiger charge is -2.08. The van der Waals surface area contributed by atoms with E-state index in [4.69, 9.17) is 9.84 Å². The molecule has 1 aromatic rings. The fourth-order valence-corrected chi connectivity index (χ4v) is 1.27. The lowest BCUT2D eigenvalue weighted by molar-refractivity contribution is -0.131. The van der Waals surface area contributed by atoms with Crippen molar-refractivity contribution in [2.75, 3.05) is 11.9 Å². The maximum Gasteiger partial charge on any atom is 0.411 e. The number of carboxylic acid groups (broad SMARTS) is 1. The average molecular weight is 264 g/mol. The normalized spacial score (nSPS) is 10.4. The van der Waals surface area contributed by atoms with Gasteiger partial charge in [-0.25, -0.2) is 9.59 Å². The van der Waals surface area contributed by atoms with E-state index in [1.165, 1.54) is 18.5 Å². The molecule has 102 valence electrons. The van der Waals surface area contributed by atoms with Gasteiger partial charge >= 0.3 is 12.1 Å². The van der Waals surface area contributed by atoms with Crippen molar-refractivity contribution in [3.8, 4) is 0 Å². The van der Waals surface area contributed by atoms with Gasteiger partial charge in [0.05, 0.1) is 12.3 Å². The molecule has 1 aromatic heterocycles. The maximum atomic E-state index is 11.5. The molecule has 19 heavy (non-hydrogen) atoms. The SMILES string of the molecule is CCCCOC(=O)Nc1ccncc1C=CC(=O)O. The largest absolute Gasteiger partial charge is 0.478 e. The summed E-state index contributed by atoms with van der Waals surface area (Å²) >= 11 is 0. The predicted molar refractivity (Wildman–Crippen MR) is 70.8 cm³/mol.